The van der Waals surface area contributed by atoms with Crippen LogP contribution in [0.2, 0.25) is 0 Å². The lowest BCUT2D eigenvalue weighted by molar-refractivity contribution is -0.136. The van der Waals surface area contributed by atoms with Crippen LogP contribution in [0.15, 0.2) is 30.3 Å². The highest BCUT2D eigenvalue weighted by Gasteiger charge is 2.28. The lowest BCUT2D eigenvalue weighted by atomic mass is 10.0. The van der Waals surface area contributed by atoms with Gasteiger partial charge in [-0.2, -0.15) is 0 Å². The molecule has 0 spiro atoms. The molecule has 1 aromatic heterocycles. The second-order valence-corrected chi connectivity index (χ2v) is 10.1. The molecule has 176 valence electrons. The largest absolute Gasteiger partial charge is 0.486 e. The molecule has 3 aliphatic rings. The number of likely N-dealkylation sites (tertiary alicyclic amines) is 1. The number of hydrogen-bond acceptors (Lipinski definition) is 6. The molecule has 33 heavy (non-hydrogen) atoms. The predicted octanol–water partition coefficient (Wildman–Crippen LogP) is 3.35. The Kier molecular flexibility index (Phi) is 6.55. The molecule has 0 aliphatic carbocycles. The van der Waals surface area contributed by atoms with Gasteiger partial charge in [0.15, 0.2) is 11.5 Å². The lowest BCUT2D eigenvalue weighted by Crippen LogP contribution is -2.53. The van der Waals surface area contributed by atoms with Crippen LogP contribution in [-0.2, 0) is 4.79 Å². The van der Waals surface area contributed by atoms with E-state index in [2.05, 4.69) is 11.8 Å². The predicted molar refractivity (Wildman–Crippen MR) is 128 cm³/mol. The second kappa shape index (κ2) is 9.73. The maximum Gasteiger partial charge on any atom is 0.264 e. The van der Waals surface area contributed by atoms with Crippen molar-refractivity contribution in [3.63, 3.8) is 0 Å². The molecule has 3 aliphatic heterocycles. The number of nitrogens with zero attached hydrogens (tertiary/aromatic N) is 3. The molecule has 2 amide bonds. The van der Waals surface area contributed by atoms with Crippen LogP contribution < -0.4 is 9.47 Å². The quantitative estimate of drug-likeness (QED) is 0.687. The highest BCUT2D eigenvalue weighted by atomic mass is 32.1. The summed E-state index contributed by atoms with van der Waals surface area (Å²) in [4.78, 5) is 33.7. The van der Waals surface area contributed by atoms with E-state index in [-0.39, 0.29) is 11.8 Å². The van der Waals surface area contributed by atoms with Gasteiger partial charge in [0.1, 0.15) is 13.2 Å². The standard InChI is InChI=1S/C25H31N3O4S/c1-18-4-2-3-9-28(18)24(29)17-26-10-12-27(13-11-26)25(30)23-8-7-22(33-23)19-5-6-20-21(16-19)32-15-14-31-20/h5-8,16,18H,2-4,9-15,17H2,1H3. The minimum absolute atomic E-state index is 0.0689. The summed E-state index contributed by atoms with van der Waals surface area (Å²) < 4.78 is 11.3. The van der Waals surface area contributed by atoms with E-state index in [1.807, 2.05) is 40.1 Å². The van der Waals surface area contributed by atoms with Gasteiger partial charge in [-0.25, -0.2) is 0 Å². The fourth-order valence-electron chi connectivity index (χ4n) is 4.82. The van der Waals surface area contributed by atoms with Gasteiger partial charge in [0.2, 0.25) is 5.91 Å². The number of rotatable bonds is 4. The summed E-state index contributed by atoms with van der Waals surface area (Å²) in [7, 11) is 0. The van der Waals surface area contributed by atoms with E-state index in [1.165, 1.54) is 17.8 Å². The SMILES string of the molecule is CC1CCCCN1C(=O)CN1CCN(C(=O)c2ccc(-c3ccc4c(c3)OCCO4)s2)CC1. The Labute approximate surface area is 198 Å². The Morgan fingerprint density at radius 3 is 2.55 bits per heavy atom. The molecular weight excluding hydrogens is 438 g/mol. The number of carbonyl (C=O) groups is 2. The Morgan fingerprint density at radius 1 is 0.970 bits per heavy atom. The minimum atomic E-state index is 0.0689. The van der Waals surface area contributed by atoms with Crippen molar-refractivity contribution in [2.24, 2.45) is 0 Å². The second-order valence-electron chi connectivity index (χ2n) is 9.02. The summed E-state index contributed by atoms with van der Waals surface area (Å²) in [6.07, 6.45) is 3.42. The van der Waals surface area contributed by atoms with E-state index in [4.69, 9.17) is 9.47 Å². The summed E-state index contributed by atoms with van der Waals surface area (Å²) in [6.45, 7) is 7.39. The highest BCUT2D eigenvalue weighted by Crippen LogP contribution is 2.37. The molecule has 0 N–H and O–H groups in total. The molecule has 2 saturated heterocycles. The number of benzene rings is 1. The molecule has 1 atom stereocenters. The smallest absolute Gasteiger partial charge is 0.264 e. The van der Waals surface area contributed by atoms with Gasteiger partial charge in [-0.3, -0.25) is 14.5 Å². The number of fused-ring (bicyclic) bond motifs is 1. The van der Waals surface area contributed by atoms with Crippen LogP contribution in [0.25, 0.3) is 10.4 Å². The third kappa shape index (κ3) is 4.87. The van der Waals surface area contributed by atoms with Gasteiger partial charge in [-0.15, -0.1) is 11.3 Å². The Balaban J connectivity index is 1.16. The number of hydrogen-bond donors (Lipinski definition) is 0. The Bertz CT molecular complexity index is 1010. The monoisotopic (exact) mass is 469 g/mol. The van der Waals surface area contributed by atoms with Crippen LogP contribution in [0, 0.1) is 0 Å². The van der Waals surface area contributed by atoms with Crippen molar-refractivity contribution < 1.29 is 19.1 Å². The number of piperazine rings is 1. The summed E-state index contributed by atoms with van der Waals surface area (Å²) in [5.41, 5.74) is 1.03. The summed E-state index contributed by atoms with van der Waals surface area (Å²) >= 11 is 1.51. The first-order valence-electron chi connectivity index (χ1n) is 11.9. The molecule has 7 nitrogen and oxygen atoms in total. The minimum Gasteiger partial charge on any atom is -0.486 e. The summed E-state index contributed by atoms with van der Waals surface area (Å²) in [6, 6.07) is 10.2. The van der Waals surface area contributed by atoms with E-state index >= 15 is 0 Å². The fourth-order valence-corrected chi connectivity index (χ4v) is 5.79. The van der Waals surface area contributed by atoms with Gasteiger partial charge in [0.25, 0.3) is 5.91 Å². The molecule has 0 saturated carbocycles. The first-order valence-corrected chi connectivity index (χ1v) is 12.7. The van der Waals surface area contributed by atoms with Crippen LogP contribution in [0.1, 0.15) is 35.9 Å². The molecule has 4 heterocycles. The van der Waals surface area contributed by atoms with E-state index < -0.39 is 0 Å². The van der Waals surface area contributed by atoms with Gasteiger partial charge in [-0.1, -0.05) is 0 Å². The van der Waals surface area contributed by atoms with E-state index in [9.17, 15) is 9.59 Å². The third-order valence-electron chi connectivity index (χ3n) is 6.79. The molecule has 8 heteroatoms. The van der Waals surface area contributed by atoms with E-state index in [0.29, 0.717) is 38.9 Å². The van der Waals surface area contributed by atoms with Crippen molar-refractivity contribution in [3.8, 4) is 21.9 Å². The van der Waals surface area contributed by atoms with Crippen molar-refractivity contribution in [2.45, 2.75) is 32.2 Å². The maximum atomic E-state index is 13.1. The van der Waals surface area contributed by atoms with Crippen molar-refractivity contribution in [1.82, 2.24) is 14.7 Å². The zero-order valence-electron chi connectivity index (χ0n) is 19.1. The molecule has 0 bridgehead atoms. The van der Waals surface area contributed by atoms with Gasteiger partial charge < -0.3 is 19.3 Å². The van der Waals surface area contributed by atoms with Gasteiger partial charge in [0, 0.05) is 43.6 Å². The number of ether oxygens (including phenoxy) is 2. The zero-order chi connectivity index (χ0) is 22.8. The lowest BCUT2D eigenvalue weighted by Gasteiger charge is -2.38. The third-order valence-corrected chi connectivity index (χ3v) is 7.91. The number of thiophene rings is 1. The maximum absolute atomic E-state index is 13.1. The first kappa shape index (κ1) is 22.2. The molecule has 5 rings (SSSR count). The van der Waals surface area contributed by atoms with Crippen molar-refractivity contribution in [3.05, 3.63) is 35.2 Å². The van der Waals surface area contributed by atoms with E-state index in [0.717, 1.165) is 59.3 Å². The molecule has 1 aromatic carbocycles. The van der Waals surface area contributed by atoms with Gasteiger partial charge in [-0.05, 0) is 62.1 Å². The Hall–Kier alpha value is -2.58. The van der Waals surface area contributed by atoms with Crippen LogP contribution >= 0.6 is 11.3 Å². The Morgan fingerprint density at radius 2 is 1.76 bits per heavy atom. The number of piperidine rings is 1. The number of carbonyl (C=O) groups excluding carboxylic acids is 2. The summed E-state index contributed by atoms with van der Waals surface area (Å²) in [5.74, 6) is 1.82. The fraction of sp³-hybridized carbons (Fsp3) is 0.520. The van der Waals surface area contributed by atoms with Crippen molar-refractivity contribution >= 4 is 23.2 Å². The average molecular weight is 470 g/mol. The van der Waals surface area contributed by atoms with E-state index in [1.54, 1.807) is 0 Å². The topological polar surface area (TPSA) is 62.3 Å². The summed E-state index contributed by atoms with van der Waals surface area (Å²) in [5, 5.41) is 0. The average Bonchev–Trinajstić information content (AvgIpc) is 3.34. The molecule has 0 radical (unpaired) electrons. The van der Waals surface area contributed by atoms with Gasteiger partial charge in [0.05, 0.1) is 11.4 Å². The number of amides is 2. The highest BCUT2D eigenvalue weighted by molar-refractivity contribution is 7.17. The van der Waals surface area contributed by atoms with Crippen LogP contribution in [0.3, 0.4) is 0 Å². The van der Waals surface area contributed by atoms with Crippen LogP contribution in [0.4, 0.5) is 0 Å². The molecule has 2 fully saturated rings. The molecule has 1 unspecified atom stereocenters. The first-order chi connectivity index (χ1) is 16.1. The van der Waals surface area contributed by atoms with Crippen molar-refractivity contribution in [1.29, 1.82) is 0 Å². The van der Waals surface area contributed by atoms with Crippen molar-refractivity contribution in [2.75, 3.05) is 52.5 Å². The normalized spacial score (nSPS) is 21.2. The molecular formula is C25H31N3O4S. The van der Waals surface area contributed by atoms with Gasteiger partial charge >= 0.3 is 0 Å². The van der Waals surface area contributed by atoms with Crippen LogP contribution in [-0.4, -0.2) is 85.0 Å². The zero-order valence-corrected chi connectivity index (χ0v) is 19.9. The molecule has 2 aromatic rings. The van der Waals surface area contributed by atoms with Crippen LogP contribution in [0.5, 0.6) is 11.5 Å².